The largest absolute Gasteiger partial charge is 0.462 e. The standard InChI is InChI=1S/C14H20O2/c1-11(15)16-14-10-6-8-12-7-4-2-3-5-9-13(12)14/h2,4-5,9,12-14H,3,6-8,10H2,1H3. The second-order valence-electron chi connectivity index (χ2n) is 4.79. The van der Waals surface area contributed by atoms with Crippen LogP contribution in [0.3, 0.4) is 0 Å². The molecule has 0 aromatic rings. The summed E-state index contributed by atoms with van der Waals surface area (Å²) in [6.45, 7) is 1.51. The fourth-order valence-corrected chi connectivity index (χ4v) is 2.86. The third kappa shape index (κ3) is 2.75. The van der Waals surface area contributed by atoms with E-state index < -0.39 is 0 Å². The first-order valence-corrected chi connectivity index (χ1v) is 6.26. The molecular weight excluding hydrogens is 200 g/mol. The molecule has 2 aliphatic rings. The highest BCUT2D eigenvalue weighted by molar-refractivity contribution is 5.66. The van der Waals surface area contributed by atoms with Gasteiger partial charge in [0, 0.05) is 12.8 Å². The van der Waals surface area contributed by atoms with E-state index in [0.717, 1.165) is 19.3 Å². The average molecular weight is 220 g/mol. The van der Waals surface area contributed by atoms with E-state index in [9.17, 15) is 4.79 Å². The summed E-state index contributed by atoms with van der Waals surface area (Å²) in [7, 11) is 0. The second-order valence-corrected chi connectivity index (χ2v) is 4.79. The van der Waals surface area contributed by atoms with E-state index in [4.69, 9.17) is 4.74 Å². The van der Waals surface area contributed by atoms with Crippen LogP contribution in [0.2, 0.25) is 0 Å². The van der Waals surface area contributed by atoms with Gasteiger partial charge in [0.2, 0.25) is 0 Å². The summed E-state index contributed by atoms with van der Waals surface area (Å²) in [6.07, 6.45) is 14.7. The highest BCUT2D eigenvalue weighted by Crippen LogP contribution is 2.36. The van der Waals surface area contributed by atoms with Gasteiger partial charge in [0.05, 0.1) is 0 Å². The second kappa shape index (κ2) is 5.33. The Morgan fingerprint density at radius 1 is 1.25 bits per heavy atom. The number of fused-ring (bicyclic) bond motifs is 1. The summed E-state index contributed by atoms with van der Waals surface area (Å²) in [6, 6.07) is 0. The van der Waals surface area contributed by atoms with Gasteiger partial charge in [-0.1, -0.05) is 24.3 Å². The Bertz CT molecular complexity index is 304. The van der Waals surface area contributed by atoms with Crippen LogP contribution in [0, 0.1) is 11.8 Å². The maximum absolute atomic E-state index is 11.1. The van der Waals surface area contributed by atoms with Crippen molar-refractivity contribution < 1.29 is 9.53 Å². The molecule has 3 atom stereocenters. The van der Waals surface area contributed by atoms with Crippen LogP contribution in [0.15, 0.2) is 24.3 Å². The Labute approximate surface area is 97.4 Å². The van der Waals surface area contributed by atoms with Crippen molar-refractivity contribution in [3.63, 3.8) is 0 Å². The lowest BCUT2D eigenvalue weighted by Gasteiger charge is -2.36. The van der Waals surface area contributed by atoms with Crippen LogP contribution in [0.4, 0.5) is 0 Å². The fourth-order valence-electron chi connectivity index (χ4n) is 2.86. The molecule has 1 fully saturated rings. The molecule has 0 bridgehead atoms. The van der Waals surface area contributed by atoms with Crippen LogP contribution >= 0.6 is 0 Å². The Hall–Kier alpha value is -1.05. The highest BCUT2D eigenvalue weighted by Gasteiger charge is 2.32. The number of rotatable bonds is 1. The maximum Gasteiger partial charge on any atom is 0.302 e. The summed E-state index contributed by atoms with van der Waals surface area (Å²) >= 11 is 0. The van der Waals surface area contributed by atoms with Crippen molar-refractivity contribution in [2.75, 3.05) is 0 Å². The minimum absolute atomic E-state index is 0.110. The number of ether oxygens (including phenoxy) is 1. The van der Waals surface area contributed by atoms with Gasteiger partial charge in [-0.15, -0.1) is 0 Å². The maximum atomic E-state index is 11.1. The monoisotopic (exact) mass is 220 g/mol. The Kier molecular flexibility index (Phi) is 3.81. The van der Waals surface area contributed by atoms with E-state index >= 15 is 0 Å². The number of esters is 1. The van der Waals surface area contributed by atoms with Crippen molar-refractivity contribution in [3.8, 4) is 0 Å². The molecule has 0 aliphatic heterocycles. The van der Waals surface area contributed by atoms with Gasteiger partial charge in [-0.05, 0) is 38.0 Å². The van der Waals surface area contributed by atoms with Crippen LogP contribution in [0.25, 0.3) is 0 Å². The molecule has 0 amide bonds. The fraction of sp³-hybridized carbons (Fsp3) is 0.643. The first-order chi connectivity index (χ1) is 7.77. The molecule has 16 heavy (non-hydrogen) atoms. The van der Waals surface area contributed by atoms with Gasteiger partial charge >= 0.3 is 5.97 Å². The molecule has 0 radical (unpaired) electrons. The van der Waals surface area contributed by atoms with E-state index in [1.54, 1.807) is 0 Å². The Balaban J connectivity index is 2.09. The minimum atomic E-state index is -0.142. The van der Waals surface area contributed by atoms with E-state index in [1.165, 1.54) is 19.8 Å². The van der Waals surface area contributed by atoms with Gasteiger partial charge in [0.1, 0.15) is 6.10 Å². The number of hydrogen-bond acceptors (Lipinski definition) is 2. The first-order valence-electron chi connectivity index (χ1n) is 6.26. The van der Waals surface area contributed by atoms with Crippen LogP contribution in [0.5, 0.6) is 0 Å². The SMILES string of the molecule is CC(=O)OC1CCCC2CC=CCC=CC21. The van der Waals surface area contributed by atoms with E-state index in [1.807, 2.05) is 0 Å². The molecule has 2 heteroatoms. The molecule has 0 saturated heterocycles. The number of allylic oxidation sites excluding steroid dienone is 3. The summed E-state index contributed by atoms with van der Waals surface area (Å²) in [5.41, 5.74) is 0. The Morgan fingerprint density at radius 3 is 2.94 bits per heavy atom. The molecule has 88 valence electrons. The molecule has 2 aliphatic carbocycles. The molecule has 0 heterocycles. The van der Waals surface area contributed by atoms with Crippen molar-refractivity contribution >= 4 is 5.97 Å². The lowest BCUT2D eigenvalue weighted by atomic mass is 9.74. The van der Waals surface area contributed by atoms with Crippen molar-refractivity contribution in [2.45, 2.75) is 45.1 Å². The first kappa shape index (κ1) is 11.4. The van der Waals surface area contributed by atoms with E-state index in [0.29, 0.717) is 11.8 Å². The van der Waals surface area contributed by atoms with Gasteiger partial charge in [-0.25, -0.2) is 0 Å². The molecule has 0 aromatic carbocycles. The topological polar surface area (TPSA) is 26.3 Å². The van der Waals surface area contributed by atoms with Crippen molar-refractivity contribution in [1.29, 1.82) is 0 Å². The van der Waals surface area contributed by atoms with Gasteiger partial charge in [0.25, 0.3) is 0 Å². The minimum Gasteiger partial charge on any atom is -0.462 e. The number of carbonyl (C=O) groups is 1. The van der Waals surface area contributed by atoms with Crippen molar-refractivity contribution in [1.82, 2.24) is 0 Å². The highest BCUT2D eigenvalue weighted by atomic mass is 16.5. The third-order valence-electron chi connectivity index (χ3n) is 3.59. The summed E-state index contributed by atoms with van der Waals surface area (Å²) in [5, 5.41) is 0. The smallest absolute Gasteiger partial charge is 0.302 e. The summed E-state index contributed by atoms with van der Waals surface area (Å²) < 4.78 is 5.44. The summed E-state index contributed by atoms with van der Waals surface area (Å²) in [4.78, 5) is 11.1. The van der Waals surface area contributed by atoms with Gasteiger partial charge in [-0.2, -0.15) is 0 Å². The molecule has 2 nitrogen and oxygen atoms in total. The van der Waals surface area contributed by atoms with Crippen LogP contribution in [-0.2, 0) is 9.53 Å². The van der Waals surface area contributed by atoms with E-state index in [-0.39, 0.29) is 12.1 Å². The van der Waals surface area contributed by atoms with Crippen molar-refractivity contribution in [2.24, 2.45) is 11.8 Å². The van der Waals surface area contributed by atoms with Gasteiger partial charge in [-0.3, -0.25) is 4.79 Å². The molecule has 3 unspecified atom stereocenters. The normalized spacial score (nSPS) is 33.7. The molecule has 2 rings (SSSR count). The lowest BCUT2D eigenvalue weighted by molar-refractivity contribution is -0.150. The van der Waals surface area contributed by atoms with Gasteiger partial charge < -0.3 is 4.74 Å². The van der Waals surface area contributed by atoms with Gasteiger partial charge in [0.15, 0.2) is 0 Å². The van der Waals surface area contributed by atoms with Crippen LogP contribution in [0.1, 0.15) is 39.0 Å². The zero-order valence-electron chi connectivity index (χ0n) is 9.89. The van der Waals surface area contributed by atoms with Crippen LogP contribution < -0.4 is 0 Å². The summed E-state index contributed by atoms with van der Waals surface area (Å²) in [5.74, 6) is 0.949. The molecule has 0 spiro atoms. The third-order valence-corrected chi connectivity index (χ3v) is 3.59. The zero-order valence-corrected chi connectivity index (χ0v) is 9.89. The number of hydrogen-bond donors (Lipinski definition) is 0. The lowest BCUT2D eigenvalue weighted by Crippen LogP contribution is -2.34. The predicted molar refractivity (Wildman–Crippen MR) is 63.9 cm³/mol. The average Bonchev–Trinajstić information content (AvgIpc) is 2.18. The molecular formula is C14H20O2. The Morgan fingerprint density at radius 2 is 2.12 bits per heavy atom. The molecule has 1 saturated carbocycles. The predicted octanol–water partition coefficient (Wildman–Crippen LogP) is 3.24. The van der Waals surface area contributed by atoms with Crippen molar-refractivity contribution in [3.05, 3.63) is 24.3 Å². The van der Waals surface area contributed by atoms with E-state index in [2.05, 4.69) is 24.3 Å². The molecule has 0 N–H and O–H groups in total. The van der Waals surface area contributed by atoms with Crippen LogP contribution in [-0.4, -0.2) is 12.1 Å². The molecule has 0 aromatic heterocycles. The number of carbonyl (C=O) groups excluding carboxylic acids is 1. The quantitative estimate of drug-likeness (QED) is 0.501. The zero-order chi connectivity index (χ0) is 11.4.